The van der Waals surface area contributed by atoms with E-state index in [-0.39, 0.29) is 12.3 Å². The van der Waals surface area contributed by atoms with Gasteiger partial charge in [-0.1, -0.05) is 36.4 Å². The number of benzene rings is 2. The zero-order chi connectivity index (χ0) is 19.8. The number of nitrogens with one attached hydrogen (secondary N) is 1. The van der Waals surface area contributed by atoms with Crippen molar-refractivity contribution in [2.45, 2.75) is 20.8 Å². The van der Waals surface area contributed by atoms with Gasteiger partial charge in [0.1, 0.15) is 5.75 Å². The van der Waals surface area contributed by atoms with Crippen LogP contribution in [-0.2, 0) is 4.79 Å². The Bertz CT molecular complexity index is 866. The fourth-order valence-electron chi connectivity index (χ4n) is 2.49. The van der Waals surface area contributed by atoms with Gasteiger partial charge in [-0.05, 0) is 43.0 Å². The number of hydrazone groups is 1. The highest BCUT2D eigenvalue weighted by molar-refractivity contribution is 5.86. The zero-order valence-electron chi connectivity index (χ0n) is 15.4. The lowest BCUT2D eigenvalue weighted by Gasteiger charge is -2.11. The normalized spacial score (nSPS) is 11.4. The number of nitro groups is 1. The molecule has 1 amide bonds. The molecular weight excluding hydrogens is 346 g/mol. The van der Waals surface area contributed by atoms with Gasteiger partial charge in [0.05, 0.1) is 11.1 Å². The van der Waals surface area contributed by atoms with Crippen LogP contribution in [0.5, 0.6) is 5.75 Å². The second-order valence-corrected chi connectivity index (χ2v) is 6.05. The van der Waals surface area contributed by atoms with Gasteiger partial charge < -0.3 is 4.74 Å². The number of non-ortho nitro benzene ring substituents is 1. The average Bonchev–Trinajstić information content (AvgIpc) is 2.61. The summed E-state index contributed by atoms with van der Waals surface area (Å²) in [4.78, 5) is 22.3. The first-order chi connectivity index (χ1) is 12.9. The van der Waals surface area contributed by atoms with Gasteiger partial charge in [-0.2, -0.15) is 5.10 Å². The Hall–Kier alpha value is -3.48. The molecule has 0 saturated carbocycles. The number of nitro benzene ring substituents is 1. The van der Waals surface area contributed by atoms with Crippen LogP contribution >= 0.6 is 0 Å². The molecule has 1 N–H and O–H groups in total. The van der Waals surface area contributed by atoms with Crippen LogP contribution in [-0.4, -0.2) is 23.7 Å². The number of allylic oxidation sites excluding steroid dienone is 1. The third-order valence-corrected chi connectivity index (χ3v) is 3.65. The number of hydrogen-bond donors (Lipinski definition) is 1. The van der Waals surface area contributed by atoms with E-state index in [1.165, 1.54) is 12.1 Å². The van der Waals surface area contributed by atoms with Gasteiger partial charge in [-0.3, -0.25) is 14.9 Å². The summed E-state index contributed by atoms with van der Waals surface area (Å²) in [5, 5.41) is 14.8. The lowest BCUT2D eigenvalue weighted by molar-refractivity contribution is -0.385. The summed E-state index contributed by atoms with van der Waals surface area (Å²) in [6, 6.07) is 12.6. The lowest BCUT2D eigenvalue weighted by Crippen LogP contribution is -2.25. The molecule has 140 valence electrons. The monoisotopic (exact) mass is 367 g/mol. The van der Waals surface area contributed by atoms with Crippen LogP contribution in [0.3, 0.4) is 0 Å². The first-order valence-electron chi connectivity index (χ1n) is 8.30. The standard InChI is InChI=1S/C20H21N3O4/c1-14(9-17-7-5-4-6-8-17)12-21-22-19(24)13-27-20-15(2)10-18(23(25)26)11-16(20)3/h4-12H,13H2,1-3H3,(H,22,24)/b14-9+,21-12+. The van der Waals surface area contributed by atoms with E-state index in [9.17, 15) is 14.9 Å². The molecule has 0 saturated heterocycles. The minimum absolute atomic E-state index is 0.00733. The molecule has 0 heterocycles. The van der Waals surface area contributed by atoms with Crippen molar-refractivity contribution >= 4 is 23.9 Å². The molecule has 0 bridgehead atoms. The van der Waals surface area contributed by atoms with Crippen LogP contribution in [0.25, 0.3) is 6.08 Å². The lowest BCUT2D eigenvalue weighted by atomic mass is 10.1. The highest BCUT2D eigenvalue weighted by Crippen LogP contribution is 2.28. The molecule has 2 aromatic rings. The molecule has 0 aliphatic heterocycles. The second kappa shape index (κ2) is 9.28. The molecular formula is C20H21N3O4. The molecule has 0 aromatic heterocycles. The van der Waals surface area contributed by atoms with Crippen molar-refractivity contribution in [3.05, 3.63) is 74.8 Å². The van der Waals surface area contributed by atoms with Gasteiger partial charge in [0, 0.05) is 12.1 Å². The maximum absolute atomic E-state index is 11.9. The number of carbonyl (C=O) groups is 1. The van der Waals surface area contributed by atoms with E-state index >= 15 is 0 Å². The minimum Gasteiger partial charge on any atom is -0.483 e. The summed E-state index contributed by atoms with van der Waals surface area (Å²) in [5.41, 5.74) is 5.50. The smallest absolute Gasteiger partial charge is 0.277 e. The first kappa shape index (κ1) is 19.8. The molecule has 0 aliphatic carbocycles. The SMILES string of the molecule is CC(/C=N/NC(=O)COc1c(C)cc([N+](=O)[O-])cc1C)=C\c1ccccc1. The molecule has 0 atom stereocenters. The van der Waals surface area contributed by atoms with Crippen LogP contribution in [0.15, 0.2) is 53.1 Å². The Labute approximate surface area is 157 Å². The zero-order valence-corrected chi connectivity index (χ0v) is 15.4. The maximum Gasteiger partial charge on any atom is 0.277 e. The van der Waals surface area contributed by atoms with Gasteiger partial charge in [0.2, 0.25) is 0 Å². The molecule has 0 fully saturated rings. The van der Waals surface area contributed by atoms with E-state index in [1.54, 1.807) is 20.1 Å². The van der Waals surface area contributed by atoms with Crippen LogP contribution in [0.2, 0.25) is 0 Å². The van der Waals surface area contributed by atoms with E-state index in [0.29, 0.717) is 16.9 Å². The minimum atomic E-state index is -0.462. The highest BCUT2D eigenvalue weighted by atomic mass is 16.6. The largest absolute Gasteiger partial charge is 0.483 e. The number of carbonyl (C=O) groups excluding carboxylic acids is 1. The van der Waals surface area contributed by atoms with Crippen LogP contribution in [0.1, 0.15) is 23.6 Å². The molecule has 0 spiro atoms. The third-order valence-electron chi connectivity index (χ3n) is 3.65. The second-order valence-electron chi connectivity index (χ2n) is 6.05. The number of ether oxygens (including phenoxy) is 1. The van der Waals surface area contributed by atoms with Crippen molar-refractivity contribution < 1.29 is 14.5 Å². The molecule has 27 heavy (non-hydrogen) atoms. The molecule has 7 nitrogen and oxygen atoms in total. The Kier molecular flexibility index (Phi) is 6.82. The fraction of sp³-hybridized carbons (Fsp3) is 0.200. The number of amides is 1. The fourth-order valence-corrected chi connectivity index (χ4v) is 2.49. The van der Waals surface area contributed by atoms with E-state index in [0.717, 1.165) is 11.1 Å². The maximum atomic E-state index is 11.9. The summed E-state index contributed by atoms with van der Waals surface area (Å²) in [6.07, 6.45) is 3.49. The highest BCUT2D eigenvalue weighted by Gasteiger charge is 2.14. The summed E-state index contributed by atoms with van der Waals surface area (Å²) in [7, 11) is 0. The molecule has 2 rings (SSSR count). The predicted octanol–water partition coefficient (Wildman–Crippen LogP) is 3.80. The molecule has 2 aromatic carbocycles. The van der Waals surface area contributed by atoms with Crippen LogP contribution < -0.4 is 10.2 Å². The molecule has 0 radical (unpaired) electrons. The summed E-state index contributed by atoms with van der Waals surface area (Å²) >= 11 is 0. The number of aryl methyl sites for hydroxylation is 2. The van der Waals surface area contributed by atoms with Crippen molar-refractivity contribution in [2.24, 2.45) is 5.10 Å². The van der Waals surface area contributed by atoms with Crippen molar-refractivity contribution in [1.82, 2.24) is 5.43 Å². The van der Waals surface area contributed by atoms with Crippen molar-refractivity contribution in [3.8, 4) is 5.75 Å². The van der Waals surface area contributed by atoms with Gasteiger partial charge in [0.15, 0.2) is 6.61 Å². The topological polar surface area (TPSA) is 93.8 Å². The summed E-state index contributed by atoms with van der Waals surface area (Å²) < 4.78 is 5.49. The van der Waals surface area contributed by atoms with Crippen LogP contribution in [0.4, 0.5) is 5.69 Å². The molecule has 0 unspecified atom stereocenters. The predicted molar refractivity (Wildman–Crippen MR) is 105 cm³/mol. The van der Waals surface area contributed by atoms with E-state index in [1.807, 2.05) is 43.3 Å². The van der Waals surface area contributed by atoms with Crippen molar-refractivity contribution in [2.75, 3.05) is 6.61 Å². The number of nitrogens with zero attached hydrogens (tertiary/aromatic N) is 2. The summed E-state index contributed by atoms with van der Waals surface area (Å²) in [6.45, 7) is 5.04. The number of hydrogen-bond acceptors (Lipinski definition) is 5. The van der Waals surface area contributed by atoms with Crippen molar-refractivity contribution in [1.29, 1.82) is 0 Å². The van der Waals surface area contributed by atoms with E-state index in [4.69, 9.17) is 4.74 Å². The van der Waals surface area contributed by atoms with E-state index in [2.05, 4.69) is 10.5 Å². The van der Waals surface area contributed by atoms with Gasteiger partial charge in [-0.15, -0.1) is 0 Å². The van der Waals surface area contributed by atoms with E-state index < -0.39 is 10.8 Å². The number of rotatable bonds is 7. The Morgan fingerprint density at radius 1 is 1.22 bits per heavy atom. The summed E-state index contributed by atoms with van der Waals surface area (Å²) in [5.74, 6) is 0.0378. The molecule has 0 aliphatic rings. The van der Waals surface area contributed by atoms with Crippen molar-refractivity contribution in [3.63, 3.8) is 0 Å². The Balaban J connectivity index is 1.90. The Morgan fingerprint density at radius 2 is 1.85 bits per heavy atom. The first-order valence-corrected chi connectivity index (χ1v) is 8.30. The van der Waals surface area contributed by atoms with Gasteiger partial charge in [0.25, 0.3) is 11.6 Å². The van der Waals surface area contributed by atoms with Crippen LogP contribution in [0, 0.1) is 24.0 Å². The average molecular weight is 367 g/mol. The van der Waals surface area contributed by atoms with Gasteiger partial charge in [-0.25, -0.2) is 5.43 Å². The Morgan fingerprint density at radius 3 is 2.44 bits per heavy atom. The quantitative estimate of drug-likeness (QED) is 0.457. The molecule has 7 heteroatoms. The van der Waals surface area contributed by atoms with Gasteiger partial charge >= 0.3 is 0 Å². The third kappa shape index (κ3) is 6.07.